The quantitative estimate of drug-likeness (QED) is 0.603. The van der Waals surface area contributed by atoms with Gasteiger partial charge in [-0.05, 0) is 46.8 Å². The molecule has 0 atom stereocenters. The lowest BCUT2D eigenvalue weighted by atomic mass is 10.2. The van der Waals surface area contributed by atoms with Gasteiger partial charge < -0.3 is 9.47 Å². The van der Waals surface area contributed by atoms with Crippen LogP contribution in [0.1, 0.15) is 39.1 Å². The zero-order chi connectivity index (χ0) is 21.8. The molecule has 1 aromatic carbocycles. The van der Waals surface area contributed by atoms with Crippen LogP contribution >= 0.6 is 11.8 Å². The molecule has 0 spiro atoms. The Bertz CT molecular complexity index is 929. The summed E-state index contributed by atoms with van der Waals surface area (Å²) in [5.74, 6) is 0.752. The number of carbonyl (C=O) groups is 1. The van der Waals surface area contributed by atoms with E-state index >= 15 is 0 Å². The molecule has 1 amide bonds. The lowest BCUT2D eigenvalue weighted by Crippen LogP contribution is -2.43. The zero-order valence-corrected chi connectivity index (χ0v) is 19.3. The number of hydrogen-bond acceptors (Lipinski definition) is 6. The Morgan fingerprint density at radius 2 is 1.72 bits per heavy atom. The summed E-state index contributed by atoms with van der Waals surface area (Å²) in [7, 11) is -1.88. The van der Waals surface area contributed by atoms with Crippen LogP contribution in [0.2, 0.25) is 0 Å². The van der Waals surface area contributed by atoms with Crippen LogP contribution in [0.5, 0.6) is 0 Å². The number of nitrogens with zero attached hydrogens (tertiary/aromatic N) is 4. The minimum Gasteiger partial charge on any atom is -0.337 e. The van der Waals surface area contributed by atoms with Crippen molar-refractivity contribution in [1.82, 2.24) is 24.4 Å². The highest BCUT2D eigenvalue weighted by Gasteiger charge is 2.21. The van der Waals surface area contributed by atoms with Crippen LogP contribution in [-0.4, -0.2) is 51.8 Å². The zero-order valence-electron chi connectivity index (χ0n) is 17.7. The Labute approximate surface area is 177 Å². The van der Waals surface area contributed by atoms with Crippen LogP contribution < -0.4 is 4.72 Å². The lowest BCUT2D eigenvalue weighted by molar-refractivity contribution is -0.131. The molecule has 8 nitrogen and oxygen atoms in total. The Kier molecular flexibility index (Phi) is 7.84. The van der Waals surface area contributed by atoms with E-state index in [1.54, 1.807) is 35.9 Å². The number of benzene rings is 1. The Morgan fingerprint density at radius 3 is 2.28 bits per heavy atom. The van der Waals surface area contributed by atoms with Gasteiger partial charge in [0.2, 0.25) is 15.9 Å². The van der Waals surface area contributed by atoms with Crippen LogP contribution in [0.15, 0.2) is 34.3 Å². The largest absolute Gasteiger partial charge is 0.337 e. The van der Waals surface area contributed by atoms with Gasteiger partial charge in [0.15, 0.2) is 5.16 Å². The minimum atomic E-state index is -3.64. The topological polar surface area (TPSA) is 97.2 Å². The van der Waals surface area contributed by atoms with Gasteiger partial charge in [0.1, 0.15) is 5.82 Å². The van der Waals surface area contributed by atoms with Gasteiger partial charge in [-0.15, -0.1) is 10.2 Å². The highest BCUT2D eigenvalue weighted by Crippen LogP contribution is 2.18. The van der Waals surface area contributed by atoms with Crippen molar-refractivity contribution in [3.8, 4) is 0 Å². The van der Waals surface area contributed by atoms with Gasteiger partial charge >= 0.3 is 0 Å². The summed E-state index contributed by atoms with van der Waals surface area (Å²) < 4.78 is 29.1. The van der Waals surface area contributed by atoms with Crippen LogP contribution in [0.25, 0.3) is 0 Å². The number of aryl methyl sites for hydroxylation is 1. The fraction of sp³-hybridized carbons (Fsp3) is 0.526. The van der Waals surface area contributed by atoms with Gasteiger partial charge in [0, 0.05) is 19.1 Å². The summed E-state index contributed by atoms with van der Waals surface area (Å²) in [4.78, 5) is 14.5. The van der Waals surface area contributed by atoms with Crippen molar-refractivity contribution in [1.29, 1.82) is 0 Å². The molecule has 2 aromatic rings. The maximum absolute atomic E-state index is 12.5. The van der Waals surface area contributed by atoms with E-state index in [2.05, 4.69) is 14.9 Å². The maximum Gasteiger partial charge on any atom is 0.240 e. The number of aromatic nitrogens is 3. The second-order valence-electron chi connectivity index (χ2n) is 7.37. The predicted octanol–water partition coefficient (Wildman–Crippen LogP) is 2.34. The molecule has 0 aliphatic heterocycles. The van der Waals surface area contributed by atoms with Crippen molar-refractivity contribution in [2.75, 3.05) is 5.75 Å². The van der Waals surface area contributed by atoms with Crippen LogP contribution in [-0.2, 0) is 28.4 Å². The first-order chi connectivity index (χ1) is 13.5. The van der Waals surface area contributed by atoms with Crippen molar-refractivity contribution in [2.45, 2.75) is 63.3 Å². The molecule has 1 N–H and O–H groups in total. The normalized spacial score (nSPS) is 12.0. The first kappa shape index (κ1) is 23.4. The Hall–Kier alpha value is -1.91. The number of nitrogens with one attached hydrogen (secondary N) is 1. The molecule has 1 heterocycles. The molecule has 0 aliphatic carbocycles. The predicted molar refractivity (Wildman–Crippen MR) is 114 cm³/mol. The van der Waals surface area contributed by atoms with Crippen molar-refractivity contribution in [3.05, 3.63) is 35.7 Å². The molecular weight excluding hydrogens is 410 g/mol. The van der Waals surface area contributed by atoms with Crippen LogP contribution in [0, 0.1) is 6.92 Å². The molecule has 10 heteroatoms. The molecule has 0 radical (unpaired) electrons. The van der Waals surface area contributed by atoms with Crippen molar-refractivity contribution in [3.63, 3.8) is 0 Å². The van der Waals surface area contributed by atoms with E-state index in [0.717, 1.165) is 5.56 Å². The number of amides is 1. The first-order valence-corrected chi connectivity index (χ1v) is 11.9. The first-order valence-electron chi connectivity index (χ1n) is 9.41. The van der Waals surface area contributed by atoms with E-state index in [0.29, 0.717) is 11.0 Å². The minimum absolute atomic E-state index is 0.0122. The van der Waals surface area contributed by atoms with Gasteiger partial charge in [0.05, 0.1) is 17.2 Å². The highest BCUT2D eigenvalue weighted by molar-refractivity contribution is 7.99. The van der Waals surface area contributed by atoms with Gasteiger partial charge in [0.25, 0.3) is 0 Å². The third-order valence-electron chi connectivity index (χ3n) is 4.40. The summed E-state index contributed by atoms with van der Waals surface area (Å²) in [6, 6.07) is 6.87. The molecule has 0 unspecified atom stereocenters. The van der Waals surface area contributed by atoms with E-state index in [4.69, 9.17) is 0 Å². The van der Waals surface area contributed by atoms with E-state index in [1.165, 1.54) is 11.8 Å². The summed E-state index contributed by atoms with van der Waals surface area (Å²) in [6.45, 7) is 9.87. The summed E-state index contributed by atoms with van der Waals surface area (Å²) >= 11 is 1.29. The maximum atomic E-state index is 12.5. The van der Waals surface area contributed by atoms with Gasteiger partial charge in [-0.2, -0.15) is 0 Å². The van der Waals surface area contributed by atoms with Crippen LogP contribution in [0.4, 0.5) is 0 Å². The molecule has 0 saturated heterocycles. The van der Waals surface area contributed by atoms with Crippen molar-refractivity contribution in [2.24, 2.45) is 7.05 Å². The van der Waals surface area contributed by atoms with E-state index < -0.39 is 10.0 Å². The molecule has 0 fully saturated rings. The highest BCUT2D eigenvalue weighted by atomic mass is 32.2. The van der Waals surface area contributed by atoms with Crippen LogP contribution in [0.3, 0.4) is 0 Å². The molecule has 0 saturated carbocycles. The number of rotatable bonds is 9. The molecule has 0 bridgehead atoms. The number of thioether (sulfide) groups is 1. The van der Waals surface area contributed by atoms with Crippen molar-refractivity contribution < 1.29 is 13.2 Å². The third-order valence-corrected chi connectivity index (χ3v) is 6.82. The van der Waals surface area contributed by atoms with Gasteiger partial charge in [-0.1, -0.05) is 29.5 Å². The molecular formula is C19H29N5O3S2. The van der Waals surface area contributed by atoms with Crippen molar-refractivity contribution >= 4 is 27.7 Å². The Morgan fingerprint density at radius 1 is 1.14 bits per heavy atom. The second kappa shape index (κ2) is 9.73. The summed E-state index contributed by atoms with van der Waals surface area (Å²) in [6.07, 6.45) is 0. The summed E-state index contributed by atoms with van der Waals surface area (Å²) in [5, 5.41) is 8.72. The summed E-state index contributed by atoms with van der Waals surface area (Å²) in [5.41, 5.74) is 0.988. The molecule has 1 aromatic heterocycles. The fourth-order valence-corrected chi connectivity index (χ4v) is 4.74. The SMILES string of the molecule is Cc1ccc(S(=O)(=O)NCc2nnc(SCC(=O)N(C(C)C)C(C)C)n2C)cc1. The van der Waals surface area contributed by atoms with E-state index in [-0.39, 0.29) is 35.2 Å². The van der Waals surface area contributed by atoms with Gasteiger partial charge in [-0.25, -0.2) is 13.1 Å². The second-order valence-corrected chi connectivity index (χ2v) is 10.1. The smallest absolute Gasteiger partial charge is 0.240 e. The molecule has 0 aliphatic rings. The number of sulfonamides is 1. The molecule has 2 rings (SSSR count). The molecule has 29 heavy (non-hydrogen) atoms. The Balaban J connectivity index is 2.00. The fourth-order valence-electron chi connectivity index (χ4n) is 2.96. The third kappa shape index (κ3) is 6.03. The van der Waals surface area contributed by atoms with E-state index in [9.17, 15) is 13.2 Å². The monoisotopic (exact) mass is 439 g/mol. The van der Waals surface area contributed by atoms with E-state index in [1.807, 2.05) is 39.5 Å². The average molecular weight is 440 g/mol. The van der Waals surface area contributed by atoms with Gasteiger partial charge in [-0.3, -0.25) is 4.79 Å². The number of hydrogen-bond donors (Lipinski definition) is 1. The average Bonchev–Trinajstić information content (AvgIpc) is 2.98. The molecule has 160 valence electrons. The standard InChI is InChI=1S/C19H29N5O3S2/c1-13(2)24(14(3)4)18(25)12-28-19-22-21-17(23(19)6)11-20-29(26,27)16-9-7-15(5)8-10-16/h7-10,13-14,20H,11-12H2,1-6H3. The lowest BCUT2D eigenvalue weighted by Gasteiger charge is -2.30. The number of carbonyl (C=O) groups excluding carboxylic acids is 1.